The number of aryl methyl sites for hydroxylation is 1. The summed E-state index contributed by atoms with van der Waals surface area (Å²) in [6, 6.07) is 9.35. The van der Waals surface area contributed by atoms with E-state index >= 15 is 0 Å². The molecule has 0 bridgehead atoms. The molecule has 3 aromatic rings. The van der Waals surface area contributed by atoms with Crippen molar-refractivity contribution in [1.29, 1.82) is 0 Å². The summed E-state index contributed by atoms with van der Waals surface area (Å²) in [5.74, 6) is -0.486. The molecule has 1 aliphatic heterocycles. The predicted octanol–water partition coefficient (Wildman–Crippen LogP) is 3.33. The predicted molar refractivity (Wildman–Crippen MR) is 120 cm³/mol. The van der Waals surface area contributed by atoms with Gasteiger partial charge in [-0.15, -0.1) is 0 Å². The fraction of sp³-hybridized carbons (Fsp3) is 0.250. The van der Waals surface area contributed by atoms with Gasteiger partial charge in [0.15, 0.2) is 23.5 Å². The number of ether oxygens (including phenoxy) is 1. The summed E-state index contributed by atoms with van der Waals surface area (Å²) in [5.41, 5.74) is 3.07. The number of hydrogen-bond donors (Lipinski definition) is 1. The van der Waals surface area contributed by atoms with E-state index in [9.17, 15) is 14.0 Å². The van der Waals surface area contributed by atoms with Crippen LogP contribution in [-0.4, -0.2) is 39.5 Å². The summed E-state index contributed by atoms with van der Waals surface area (Å²) in [4.78, 5) is 42.4. The van der Waals surface area contributed by atoms with Gasteiger partial charge in [0, 0.05) is 31.6 Å². The Hall–Kier alpha value is -4.21. The molecular weight excluding hydrogens is 441 g/mol. The van der Waals surface area contributed by atoms with E-state index < -0.39 is 11.7 Å². The van der Waals surface area contributed by atoms with E-state index in [1.807, 2.05) is 0 Å². The number of nitrogens with one attached hydrogen (secondary N) is 1. The number of Topliss-reactive ketones (excluding diaryl/α,β-unsaturated/α-hetero) is 1. The number of hydrogen-bond acceptors (Lipinski definition) is 8. The van der Waals surface area contributed by atoms with Crippen LogP contribution in [0.5, 0.6) is 5.75 Å². The number of oxime groups is 1. The third kappa shape index (κ3) is 5.06. The molecule has 3 heterocycles. The third-order valence-electron chi connectivity index (χ3n) is 5.22. The number of amides is 1. The van der Waals surface area contributed by atoms with E-state index in [1.165, 1.54) is 26.2 Å². The molecule has 1 aliphatic rings. The van der Waals surface area contributed by atoms with Crippen LogP contribution in [0.15, 0.2) is 47.8 Å². The highest BCUT2D eigenvalue weighted by molar-refractivity contribution is 6.02. The van der Waals surface area contributed by atoms with Gasteiger partial charge in [0.25, 0.3) is 5.91 Å². The van der Waals surface area contributed by atoms with Gasteiger partial charge >= 0.3 is 0 Å². The van der Waals surface area contributed by atoms with E-state index in [2.05, 4.69) is 25.4 Å². The van der Waals surface area contributed by atoms with Crippen molar-refractivity contribution in [3.05, 3.63) is 82.4 Å². The Morgan fingerprint density at radius 2 is 2.00 bits per heavy atom. The first kappa shape index (κ1) is 23.0. The fourth-order valence-electron chi connectivity index (χ4n) is 3.43. The molecule has 1 amide bonds. The van der Waals surface area contributed by atoms with Crippen molar-refractivity contribution >= 4 is 17.4 Å². The van der Waals surface area contributed by atoms with Crippen LogP contribution in [0, 0.1) is 12.7 Å². The maximum Gasteiger partial charge on any atom is 0.270 e. The van der Waals surface area contributed by atoms with Crippen molar-refractivity contribution in [2.24, 2.45) is 5.16 Å². The Balaban J connectivity index is 1.44. The Morgan fingerprint density at radius 3 is 2.71 bits per heavy atom. The van der Waals surface area contributed by atoms with Gasteiger partial charge in [-0.1, -0.05) is 17.3 Å². The Bertz CT molecular complexity index is 1280. The maximum atomic E-state index is 13.6. The molecule has 1 atom stereocenters. The molecular formula is C24H22FN5O4. The number of halogens is 1. The lowest BCUT2D eigenvalue weighted by Crippen LogP contribution is -2.25. The zero-order chi connectivity index (χ0) is 24.2. The number of benzene rings is 1. The minimum absolute atomic E-state index is 0.104. The smallest absolute Gasteiger partial charge is 0.270 e. The molecule has 34 heavy (non-hydrogen) atoms. The first-order valence-electron chi connectivity index (χ1n) is 10.5. The minimum Gasteiger partial charge on any atom is -0.494 e. The monoisotopic (exact) mass is 463 g/mol. The van der Waals surface area contributed by atoms with E-state index in [1.54, 1.807) is 37.4 Å². The standard InChI is InChI=1S/C24H22FN5O4/c1-13(31)18-7-5-16(12-26-18)22-10-20(30-34-22)19-9-21(29-14(2)28-19)24(32)27-11-15-4-6-17(25)23(8-15)33-3/h4-9,12,22H,10-11H2,1-3H3,(H,27,32). The zero-order valence-electron chi connectivity index (χ0n) is 18.8. The Labute approximate surface area is 195 Å². The van der Waals surface area contributed by atoms with E-state index in [-0.39, 0.29) is 29.9 Å². The molecule has 0 fully saturated rings. The van der Waals surface area contributed by atoms with Gasteiger partial charge in [0.1, 0.15) is 22.9 Å². The quantitative estimate of drug-likeness (QED) is 0.534. The first-order valence-corrected chi connectivity index (χ1v) is 10.5. The maximum absolute atomic E-state index is 13.6. The van der Waals surface area contributed by atoms with Crippen LogP contribution >= 0.6 is 0 Å². The lowest BCUT2D eigenvalue weighted by molar-refractivity contribution is 0.0853. The lowest BCUT2D eigenvalue weighted by atomic mass is 10.0. The van der Waals surface area contributed by atoms with E-state index in [4.69, 9.17) is 9.57 Å². The SMILES string of the molecule is COc1cc(CNC(=O)c2cc(C3=NOC(c4ccc(C(C)=O)nc4)C3)nc(C)n2)ccc1F. The first-order chi connectivity index (χ1) is 16.3. The molecule has 1 unspecified atom stereocenters. The largest absolute Gasteiger partial charge is 0.494 e. The van der Waals surface area contributed by atoms with Gasteiger partial charge in [-0.2, -0.15) is 0 Å². The minimum atomic E-state index is -0.475. The number of methoxy groups -OCH3 is 1. The molecule has 0 spiro atoms. The topological polar surface area (TPSA) is 116 Å². The summed E-state index contributed by atoms with van der Waals surface area (Å²) in [6.07, 6.45) is 1.65. The average Bonchev–Trinajstić information content (AvgIpc) is 3.33. The number of aromatic nitrogens is 3. The fourth-order valence-corrected chi connectivity index (χ4v) is 3.43. The molecule has 9 nitrogen and oxygen atoms in total. The molecule has 2 aromatic heterocycles. The average molecular weight is 463 g/mol. The number of carbonyl (C=O) groups excluding carboxylic acids is 2. The van der Waals surface area contributed by atoms with Crippen LogP contribution in [0.4, 0.5) is 4.39 Å². The molecule has 0 saturated carbocycles. The lowest BCUT2D eigenvalue weighted by Gasteiger charge is -2.09. The van der Waals surface area contributed by atoms with Crippen molar-refractivity contribution < 1.29 is 23.6 Å². The van der Waals surface area contributed by atoms with Crippen LogP contribution in [0.3, 0.4) is 0 Å². The van der Waals surface area contributed by atoms with Crippen LogP contribution in [0.2, 0.25) is 0 Å². The number of ketones is 1. The second-order valence-electron chi connectivity index (χ2n) is 7.71. The Kier molecular flexibility index (Phi) is 6.58. The molecule has 1 aromatic carbocycles. The highest BCUT2D eigenvalue weighted by atomic mass is 19.1. The van der Waals surface area contributed by atoms with E-state index in [0.29, 0.717) is 34.9 Å². The third-order valence-corrected chi connectivity index (χ3v) is 5.22. The molecule has 10 heteroatoms. The van der Waals surface area contributed by atoms with E-state index in [0.717, 1.165) is 5.56 Å². The second-order valence-corrected chi connectivity index (χ2v) is 7.71. The summed E-state index contributed by atoms with van der Waals surface area (Å²) in [6.45, 7) is 3.31. The van der Waals surface area contributed by atoms with Crippen LogP contribution < -0.4 is 10.1 Å². The number of pyridine rings is 1. The molecule has 0 aliphatic carbocycles. The molecule has 0 radical (unpaired) electrons. The van der Waals surface area contributed by atoms with Gasteiger partial charge in [-0.05, 0) is 36.8 Å². The number of rotatable bonds is 7. The van der Waals surface area contributed by atoms with Crippen molar-refractivity contribution in [2.75, 3.05) is 7.11 Å². The van der Waals surface area contributed by atoms with Gasteiger partial charge in [0.2, 0.25) is 0 Å². The van der Waals surface area contributed by atoms with Crippen molar-refractivity contribution in [1.82, 2.24) is 20.3 Å². The summed E-state index contributed by atoms with van der Waals surface area (Å²) in [7, 11) is 1.38. The van der Waals surface area contributed by atoms with Gasteiger partial charge < -0.3 is 14.9 Å². The highest BCUT2D eigenvalue weighted by Gasteiger charge is 2.26. The number of carbonyl (C=O) groups is 2. The Morgan fingerprint density at radius 1 is 1.18 bits per heavy atom. The second kappa shape index (κ2) is 9.74. The van der Waals surface area contributed by atoms with Gasteiger partial charge in [0.05, 0.1) is 12.8 Å². The van der Waals surface area contributed by atoms with Crippen molar-refractivity contribution in [3.8, 4) is 5.75 Å². The van der Waals surface area contributed by atoms with Gasteiger partial charge in [-0.25, -0.2) is 14.4 Å². The van der Waals surface area contributed by atoms with Crippen LogP contribution in [-0.2, 0) is 11.4 Å². The summed E-state index contributed by atoms with van der Waals surface area (Å²) < 4.78 is 18.6. The highest BCUT2D eigenvalue weighted by Crippen LogP contribution is 2.29. The molecule has 0 saturated heterocycles. The summed E-state index contributed by atoms with van der Waals surface area (Å²) in [5, 5.41) is 6.90. The van der Waals surface area contributed by atoms with Gasteiger partial charge in [-0.3, -0.25) is 14.6 Å². The van der Waals surface area contributed by atoms with Crippen molar-refractivity contribution in [3.63, 3.8) is 0 Å². The summed E-state index contributed by atoms with van der Waals surface area (Å²) >= 11 is 0. The molecule has 174 valence electrons. The zero-order valence-corrected chi connectivity index (χ0v) is 18.8. The molecule has 4 rings (SSSR count). The van der Waals surface area contributed by atoms with Crippen LogP contribution in [0.1, 0.15) is 63.1 Å². The van der Waals surface area contributed by atoms with Crippen molar-refractivity contribution in [2.45, 2.75) is 32.9 Å². The number of nitrogens with zero attached hydrogens (tertiary/aromatic N) is 4. The van der Waals surface area contributed by atoms with Crippen LogP contribution in [0.25, 0.3) is 0 Å². The molecule has 1 N–H and O–H groups in total. The normalized spacial score (nSPS) is 14.8.